The lowest BCUT2D eigenvalue weighted by molar-refractivity contribution is 0.348. The van der Waals surface area contributed by atoms with Crippen LogP contribution >= 0.6 is 0 Å². The zero-order valence-corrected chi connectivity index (χ0v) is 10.1. The molecular formula is C13H18N4. The van der Waals surface area contributed by atoms with Crippen molar-refractivity contribution < 1.29 is 0 Å². The normalized spacial score (nSPS) is 24.4. The van der Waals surface area contributed by atoms with E-state index >= 15 is 0 Å². The second-order valence-electron chi connectivity index (χ2n) is 4.63. The lowest BCUT2D eigenvalue weighted by atomic mass is 9.91. The molecule has 2 N–H and O–H groups in total. The van der Waals surface area contributed by atoms with Gasteiger partial charge < -0.3 is 10.6 Å². The zero-order valence-electron chi connectivity index (χ0n) is 10.1. The zero-order chi connectivity index (χ0) is 12.3. The van der Waals surface area contributed by atoms with Crippen LogP contribution in [-0.2, 0) is 0 Å². The van der Waals surface area contributed by atoms with E-state index in [0.717, 1.165) is 12.4 Å². The maximum atomic E-state index is 8.76. The minimum atomic E-state index is 0.365. The van der Waals surface area contributed by atoms with Crippen LogP contribution in [0.25, 0.3) is 0 Å². The van der Waals surface area contributed by atoms with Crippen molar-refractivity contribution in [3.05, 3.63) is 23.9 Å². The summed E-state index contributed by atoms with van der Waals surface area (Å²) in [5.74, 6) is 1.54. The van der Waals surface area contributed by atoms with Crippen LogP contribution in [0.4, 0.5) is 5.82 Å². The van der Waals surface area contributed by atoms with Crippen molar-refractivity contribution in [1.29, 1.82) is 5.26 Å². The first-order valence-corrected chi connectivity index (χ1v) is 6.09. The van der Waals surface area contributed by atoms with E-state index in [1.54, 1.807) is 6.20 Å². The third kappa shape index (κ3) is 2.40. The van der Waals surface area contributed by atoms with Crippen molar-refractivity contribution >= 4 is 5.82 Å². The summed E-state index contributed by atoms with van der Waals surface area (Å²) in [7, 11) is 0. The summed E-state index contributed by atoms with van der Waals surface area (Å²) >= 11 is 0. The van der Waals surface area contributed by atoms with Crippen LogP contribution in [-0.4, -0.2) is 24.1 Å². The standard InChI is InChI=1S/C13H18N4/c1-10-3-2-6-17(12(10)8-15)13-5-4-11(7-14)9-16-13/h4-5,9-10,12H,2-3,6,8,15H2,1H3. The lowest BCUT2D eigenvalue weighted by Gasteiger charge is -2.40. The number of aromatic nitrogens is 1. The molecule has 17 heavy (non-hydrogen) atoms. The largest absolute Gasteiger partial charge is 0.352 e. The number of pyridine rings is 1. The highest BCUT2D eigenvalue weighted by atomic mass is 15.2. The monoisotopic (exact) mass is 230 g/mol. The SMILES string of the molecule is CC1CCCN(c2ccc(C#N)cn2)C1CN. The number of hydrogen-bond donors (Lipinski definition) is 1. The highest BCUT2D eigenvalue weighted by Crippen LogP contribution is 2.26. The Hall–Kier alpha value is -1.60. The molecule has 0 spiro atoms. The van der Waals surface area contributed by atoms with Crippen LogP contribution < -0.4 is 10.6 Å². The molecule has 1 aromatic heterocycles. The van der Waals surface area contributed by atoms with Crippen LogP contribution in [0.3, 0.4) is 0 Å². The minimum Gasteiger partial charge on any atom is -0.352 e. The van der Waals surface area contributed by atoms with E-state index in [4.69, 9.17) is 11.0 Å². The molecule has 2 heterocycles. The van der Waals surface area contributed by atoms with Gasteiger partial charge in [0.2, 0.25) is 0 Å². The number of anilines is 1. The van der Waals surface area contributed by atoms with E-state index in [9.17, 15) is 0 Å². The number of rotatable bonds is 2. The van der Waals surface area contributed by atoms with E-state index in [0.29, 0.717) is 24.1 Å². The van der Waals surface area contributed by atoms with Crippen molar-refractivity contribution in [2.75, 3.05) is 18.0 Å². The molecule has 4 heteroatoms. The van der Waals surface area contributed by atoms with Gasteiger partial charge in [0.25, 0.3) is 0 Å². The molecular weight excluding hydrogens is 212 g/mol. The third-order valence-electron chi connectivity index (χ3n) is 3.53. The molecule has 0 aromatic carbocycles. The molecule has 2 unspecified atom stereocenters. The highest BCUT2D eigenvalue weighted by Gasteiger charge is 2.27. The molecule has 2 rings (SSSR count). The number of nitriles is 1. The van der Waals surface area contributed by atoms with E-state index in [2.05, 4.69) is 22.9 Å². The van der Waals surface area contributed by atoms with Gasteiger partial charge in [-0.3, -0.25) is 0 Å². The Labute approximate surface area is 102 Å². The fraction of sp³-hybridized carbons (Fsp3) is 0.538. The van der Waals surface area contributed by atoms with Crippen molar-refractivity contribution in [3.63, 3.8) is 0 Å². The maximum Gasteiger partial charge on any atom is 0.128 e. The van der Waals surface area contributed by atoms with Gasteiger partial charge >= 0.3 is 0 Å². The number of piperidine rings is 1. The molecule has 1 aromatic rings. The quantitative estimate of drug-likeness (QED) is 0.836. The summed E-state index contributed by atoms with van der Waals surface area (Å²) in [6.45, 7) is 3.90. The highest BCUT2D eigenvalue weighted by molar-refractivity contribution is 5.43. The van der Waals surface area contributed by atoms with E-state index in [1.807, 2.05) is 12.1 Å². The van der Waals surface area contributed by atoms with Gasteiger partial charge in [0.15, 0.2) is 0 Å². The van der Waals surface area contributed by atoms with E-state index < -0.39 is 0 Å². The van der Waals surface area contributed by atoms with E-state index in [1.165, 1.54) is 12.8 Å². The topological polar surface area (TPSA) is 65.9 Å². The van der Waals surface area contributed by atoms with Gasteiger partial charge in [-0.2, -0.15) is 5.26 Å². The Morgan fingerprint density at radius 3 is 3.00 bits per heavy atom. The molecule has 1 fully saturated rings. The Morgan fingerprint density at radius 2 is 2.41 bits per heavy atom. The summed E-state index contributed by atoms with van der Waals surface area (Å²) in [5.41, 5.74) is 6.46. The molecule has 4 nitrogen and oxygen atoms in total. The van der Waals surface area contributed by atoms with E-state index in [-0.39, 0.29) is 0 Å². The van der Waals surface area contributed by atoms with Gasteiger partial charge in [0.1, 0.15) is 11.9 Å². The Morgan fingerprint density at radius 1 is 1.59 bits per heavy atom. The van der Waals surface area contributed by atoms with Crippen LogP contribution in [0, 0.1) is 17.2 Å². The molecule has 0 amide bonds. The van der Waals surface area contributed by atoms with Crippen LogP contribution in [0.1, 0.15) is 25.3 Å². The van der Waals surface area contributed by atoms with Crippen molar-refractivity contribution in [3.8, 4) is 6.07 Å². The fourth-order valence-corrected chi connectivity index (χ4v) is 2.52. The average molecular weight is 230 g/mol. The average Bonchev–Trinajstić information content (AvgIpc) is 2.38. The van der Waals surface area contributed by atoms with Gasteiger partial charge in [-0.25, -0.2) is 4.98 Å². The number of nitrogens with two attached hydrogens (primary N) is 1. The lowest BCUT2D eigenvalue weighted by Crippen LogP contribution is -2.49. The first-order chi connectivity index (χ1) is 8.26. The Bertz CT molecular complexity index is 406. The molecule has 0 saturated carbocycles. The van der Waals surface area contributed by atoms with Crippen LogP contribution in [0.5, 0.6) is 0 Å². The predicted octanol–water partition coefficient (Wildman–Crippen LogP) is 1.52. The summed E-state index contributed by atoms with van der Waals surface area (Å²) < 4.78 is 0. The first-order valence-electron chi connectivity index (χ1n) is 6.09. The molecule has 2 atom stereocenters. The Kier molecular flexibility index (Phi) is 3.60. The van der Waals surface area contributed by atoms with Crippen molar-refractivity contribution in [2.24, 2.45) is 11.7 Å². The second kappa shape index (κ2) is 5.15. The second-order valence-corrected chi connectivity index (χ2v) is 4.63. The third-order valence-corrected chi connectivity index (χ3v) is 3.53. The van der Waals surface area contributed by atoms with Gasteiger partial charge in [0, 0.05) is 25.3 Å². The number of hydrogen-bond acceptors (Lipinski definition) is 4. The van der Waals surface area contributed by atoms with Gasteiger partial charge in [-0.15, -0.1) is 0 Å². The summed E-state index contributed by atoms with van der Waals surface area (Å²) in [6, 6.07) is 6.18. The summed E-state index contributed by atoms with van der Waals surface area (Å²) in [5, 5.41) is 8.76. The molecule has 0 bridgehead atoms. The molecule has 0 radical (unpaired) electrons. The molecule has 1 aliphatic rings. The Balaban J connectivity index is 2.21. The first kappa shape index (κ1) is 11.9. The summed E-state index contributed by atoms with van der Waals surface area (Å²) in [6.07, 6.45) is 4.04. The fourth-order valence-electron chi connectivity index (χ4n) is 2.52. The number of nitrogens with zero attached hydrogens (tertiary/aromatic N) is 3. The van der Waals surface area contributed by atoms with Crippen molar-refractivity contribution in [2.45, 2.75) is 25.8 Å². The predicted molar refractivity (Wildman–Crippen MR) is 67.5 cm³/mol. The van der Waals surface area contributed by atoms with Crippen LogP contribution in [0.2, 0.25) is 0 Å². The van der Waals surface area contributed by atoms with Gasteiger partial charge in [-0.05, 0) is 30.9 Å². The maximum absolute atomic E-state index is 8.76. The van der Waals surface area contributed by atoms with Gasteiger partial charge in [-0.1, -0.05) is 6.92 Å². The molecule has 1 aliphatic heterocycles. The van der Waals surface area contributed by atoms with Gasteiger partial charge in [0.05, 0.1) is 5.56 Å². The minimum absolute atomic E-state index is 0.365. The molecule has 1 saturated heterocycles. The van der Waals surface area contributed by atoms with Crippen LogP contribution in [0.15, 0.2) is 18.3 Å². The molecule has 0 aliphatic carbocycles. The smallest absolute Gasteiger partial charge is 0.128 e. The van der Waals surface area contributed by atoms with Crippen molar-refractivity contribution in [1.82, 2.24) is 4.98 Å². The molecule has 90 valence electrons. The summed E-state index contributed by atoms with van der Waals surface area (Å²) in [4.78, 5) is 6.63.